The first-order valence-corrected chi connectivity index (χ1v) is 3.75. The Hall–Kier alpha value is 0.396. The van der Waals surface area contributed by atoms with Crippen molar-refractivity contribution in [1.82, 2.24) is 0 Å². The molecule has 10 heavy (non-hydrogen) atoms. The molecule has 1 aromatic carbocycles. The zero-order valence-corrected chi connectivity index (χ0v) is 8.48. The third-order valence-electron chi connectivity index (χ3n) is 1.04. The van der Waals surface area contributed by atoms with Gasteiger partial charge in [0.15, 0.2) is 0 Å². The molecule has 1 rings (SSSR count). The van der Waals surface area contributed by atoms with E-state index in [1.165, 1.54) is 12.1 Å². The Kier molecular flexibility index (Phi) is 5.30. The number of rotatable bonds is 1. The minimum absolute atomic E-state index is 0. The summed E-state index contributed by atoms with van der Waals surface area (Å²) in [5.41, 5.74) is 0.968. The van der Waals surface area contributed by atoms with E-state index in [1.807, 2.05) is 6.07 Å². The predicted octanol–water partition coefficient (Wildman–Crippen LogP) is 2.56. The van der Waals surface area contributed by atoms with E-state index in [0.717, 1.165) is 5.56 Å². The van der Waals surface area contributed by atoms with Gasteiger partial charge in [-0.3, -0.25) is 0 Å². The van der Waals surface area contributed by atoms with Crippen LogP contribution >= 0.6 is 15.9 Å². The van der Waals surface area contributed by atoms with E-state index in [1.54, 1.807) is 6.07 Å². The molecular formula is C7H8BrFMg. The van der Waals surface area contributed by atoms with Gasteiger partial charge < -0.3 is 2.85 Å². The van der Waals surface area contributed by atoms with Crippen molar-refractivity contribution in [3.05, 3.63) is 35.6 Å². The molecule has 0 spiro atoms. The molecule has 0 N–H and O–H groups in total. The van der Waals surface area contributed by atoms with Crippen molar-refractivity contribution in [3.63, 3.8) is 0 Å². The molecule has 0 unspecified atom stereocenters. The van der Waals surface area contributed by atoms with Gasteiger partial charge in [-0.25, -0.2) is 4.39 Å². The molecule has 0 aliphatic rings. The Balaban J connectivity index is -0.000000270. The third-order valence-corrected chi connectivity index (χ3v) is 1.69. The van der Waals surface area contributed by atoms with Crippen LogP contribution in [0.15, 0.2) is 24.3 Å². The van der Waals surface area contributed by atoms with Crippen LogP contribution in [0.5, 0.6) is 0 Å². The summed E-state index contributed by atoms with van der Waals surface area (Å²) in [6.07, 6.45) is 0. The molecular weight excluding hydrogens is 207 g/mol. The summed E-state index contributed by atoms with van der Waals surface area (Å²) >= 11 is 3.22. The second-order valence-corrected chi connectivity index (χ2v) is 2.32. The summed E-state index contributed by atoms with van der Waals surface area (Å²) in [6.45, 7) is 0. The maximum absolute atomic E-state index is 12.3. The van der Waals surface area contributed by atoms with Gasteiger partial charge in [0.05, 0.1) is 0 Å². The Morgan fingerprint density at radius 3 is 2.60 bits per heavy atom. The Morgan fingerprint density at radius 1 is 1.50 bits per heavy atom. The van der Waals surface area contributed by atoms with E-state index in [4.69, 9.17) is 0 Å². The van der Waals surface area contributed by atoms with E-state index >= 15 is 0 Å². The molecule has 1 aromatic rings. The summed E-state index contributed by atoms with van der Waals surface area (Å²) < 4.78 is 12.3. The topological polar surface area (TPSA) is 0 Å². The molecule has 0 atom stereocenters. The first-order valence-electron chi connectivity index (χ1n) is 2.63. The molecule has 0 aliphatic heterocycles. The minimum Gasteiger partial charge on any atom is -1.00 e. The Bertz CT molecular complexity index is 210. The molecule has 0 saturated carbocycles. The van der Waals surface area contributed by atoms with Crippen LogP contribution in [0.4, 0.5) is 4.39 Å². The Labute approximate surface area is 87.1 Å². The van der Waals surface area contributed by atoms with Crippen molar-refractivity contribution in [2.24, 2.45) is 0 Å². The van der Waals surface area contributed by atoms with Crippen molar-refractivity contribution in [2.45, 2.75) is 5.33 Å². The van der Waals surface area contributed by atoms with Gasteiger partial charge in [-0.15, -0.1) is 0 Å². The molecule has 0 radical (unpaired) electrons. The van der Waals surface area contributed by atoms with E-state index in [-0.39, 0.29) is 31.7 Å². The standard InChI is InChI=1S/C7H6BrF.Mg.2H/c8-5-6-2-1-3-7(9)4-6;;;/h1-4H,5H2;;;/q;+2;2*-1. The second-order valence-electron chi connectivity index (χ2n) is 1.76. The van der Waals surface area contributed by atoms with Crippen LogP contribution in [0.1, 0.15) is 8.42 Å². The van der Waals surface area contributed by atoms with Gasteiger partial charge in [0.1, 0.15) is 5.82 Å². The summed E-state index contributed by atoms with van der Waals surface area (Å²) in [6, 6.07) is 6.52. The number of alkyl halides is 1. The van der Waals surface area contributed by atoms with Gasteiger partial charge in [0.2, 0.25) is 0 Å². The Morgan fingerprint density at radius 2 is 2.20 bits per heavy atom. The molecule has 0 nitrogen and oxygen atoms in total. The normalized spacial score (nSPS) is 8.60. The molecule has 0 bridgehead atoms. The van der Waals surface area contributed by atoms with E-state index in [9.17, 15) is 4.39 Å². The van der Waals surface area contributed by atoms with Gasteiger partial charge in [-0.1, -0.05) is 28.1 Å². The van der Waals surface area contributed by atoms with Crippen molar-refractivity contribution >= 4 is 39.0 Å². The summed E-state index contributed by atoms with van der Waals surface area (Å²) in [5.74, 6) is -0.174. The number of hydrogen-bond donors (Lipinski definition) is 0. The minimum atomic E-state index is -0.174. The van der Waals surface area contributed by atoms with Gasteiger partial charge in [0, 0.05) is 5.33 Å². The van der Waals surface area contributed by atoms with Crippen LogP contribution in [0.2, 0.25) is 0 Å². The summed E-state index contributed by atoms with van der Waals surface area (Å²) in [5, 5.41) is 0.713. The molecule has 52 valence electrons. The van der Waals surface area contributed by atoms with Crippen LogP contribution in [0, 0.1) is 5.82 Å². The average Bonchev–Trinajstić information content (AvgIpc) is 1.88. The molecule has 0 aromatic heterocycles. The molecule has 0 saturated heterocycles. The van der Waals surface area contributed by atoms with Gasteiger partial charge in [-0.2, -0.15) is 0 Å². The molecule has 0 heterocycles. The SMILES string of the molecule is Fc1cccc(CBr)c1.[H-].[H-].[Mg+2]. The molecule has 0 amide bonds. The zero-order valence-electron chi connectivity index (χ0n) is 7.48. The van der Waals surface area contributed by atoms with Crippen LogP contribution < -0.4 is 0 Å². The third kappa shape index (κ3) is 2.99. The summed E-state index contributed by atoms with van der Waals surface area (Å²) in [7, 11) is 0. The van der Waals surface area contributed by atoms with E-state index in [2.05, 4.69) is 15.9 Å². The van der Waals surface area contributed by atoms with Gasteiger partial charge >= 0.3 is 23.1 Å². The van der Waals surface area contributed by atoms with Crippen LogP contribution in [-0.4, -0.2) is 23.1 Å². The van der Waals surface area contributed by atoms with Crippen molar-refractivity contribution < 1.29 is 7.24 Å². The fourth-order valence-corrected chi connectivity index (χ4v) is 0.969. The summed E-state index contributed by atoms with van der Waals surface area (Å²) in [4.78, 5) is 0. The molecule has 3 heteroatoms. The monoisotopic (exact) mass is 214 g/mol. The fraction of sp³-hybridized carbons (Fsp3) is 0.143. The quantitative estimate of drug-likeness (QED) is 0.499. The van der Waals surface area contributed by atoms with Gasteiger partial charge in [-0.05, 0) is 17.7 Å². The zero-order chi connectivity index (χ0) is 6.69. The largest absolute Gasteiger partial charge is 2.00 e. The first kappa shape index (κ1) is 10.4. The van der Waals surface area contributed by atoms with E-state index < -0.39 is 0 Å². The number of hydrogen-bond acceptors (Lipinski definition) is 0. The van der Waals surface area contributed by atoms with E-state index in [0.29, 0.717) is 5.33 Å². The smallest absolute Gasteiger partial charge is 1.00 e. The number of benzene rings is 1. The average molecular weight is 215 g/mol. The second kappa shape index (κ2) is 5.10. The van der Waals surface area contributed by atoms with Crippen molar-refractivity contribution in [1.29, 1.82) is 0 Å². The number of halogens is 2. The predicted molar refractivity (Wildman–Crippen MR) is 47.0 cm³/mol. The maximum Gasteiger partial charge on any atom is 2.00 e. The van der Waals surface area contributed by atoms with Crippen LogP contribution in [0.25, 0.3) is 0 Å². The van der Waals surface area contributed by atoms with Crippen molar-refractivity contribution in [3.8, 4) is 0 Å². The fourth-order valence-electron chi connectivity index (χ4n) is 0.620. The van der Waals surface area contributed by atoms with Gasteiger partial charge in [0.25, 0.3) is 0 Å². The maximum atomic E-state index is 12.3. The van der Waals surface area contributed by atoms with Crippen LogP contribution in [-0.2, 0) is 5.33 Å². The molecule has 0 aliphatic carbocycles. The molecule has 0 fully saturated rings. The van der Waals surface area contributed by atoms with Crippen molar-refractivity contribution in [2.75, 3.05) is 0 Å². The van der Waals surface area contributed by atoms with Crippen LogP contribution in [0.3, 0.4) is 0 Å². The first-order chi connectivity index (χ1) is 4.33.